The largest absolute Gasteiger partial charge is 0.489 e. The van der Waals surface area contributed by atoms with Crippen LogP contribution in [0.2, 0.25) is 0 Å². The standard InChI is InChI=1S/C16H15FN2O3/c1-19-15(16(20)21)12-8-11(6-7-14(12)18)22-9-10-4-2-3-5-13(10)17/h2-8H,9,18H2,1H3,(H,20,21). The predicted octanol–water partition coefficient (Wildman–Crippen LogP) is 2.49. The normalized spacial score (nSPS) is 11.3. The quantitative estimate of drug-likeness (QED) is 0.656. The van der Waals surface area contributed by atoms with Crippen LogP contribution >= 0.6 is 0 Å². The molecule has 2 aromatic rings. The molecule has 0 amide bonds. The third kappa shape index (κ3) is 3.41. The van der Waals surface area contributed by atoms with Crippen LogP contribution in [0.25, 0.3) is 0 Å². The summed E-state index contributed by atoms with van der Waals surface area (Å²) in [6.45, 7) is 0.0295. The third-order valence-corrected chi connectivity index (χ3v) is 3.06. The summed E-state index contributed by atoms with van der Waals surface area (Å²) in [7, 11) is 1.37. The van der Waals surface area contributed by atoms with Crippen molar-refractivity contribution < 1.29 is 19.0 Å². The third-order valence-electron chi connectivity index (χ3n) is 3.06. The SMILES string of the molecule is CN=C(C(=O)O)c1cc(OCc2ccccc2F)ccc1N. The molecule has 0 aliphatic heterocycles. The highest BCUT2D eigenvalue weighted by molar-refractivity contribution is 6.43. The van der Waals surface area contributed by atoms with Gasteiger partial charge in [-0.25, -0.2) is 9.18 Å². The summed E-state index contributed by atoms with van der Waals surface area (Å²) in [5.41, 5.74) is 6.57. The first-order chi connectivity index (χ1) is 10.5. The molecule has 0 aromatic heterocycles. The highest BCUT2D eigenvalue weighted by atomic mass is 19.1. The fourth-order valence-corrected chi connectivity index (χ4v) is 1.94. The molecule has 0 fully saturated rings. The summed E-state index contributed by atoms with van der Waals surface area (Å²) in [4.78, 5) is 14.9. The minimum atomic E-state index is -1.18. The number of carboxylic acids is 1. The lowest BCUT2D eigenvalue weighted by Crippen LogP contribution is -2.16. The molecule has 0 spiro atoms. The molecule has 2 aromatic carbocycles. The number of anilines is 1. The van der Waals surface area contributed by atoms with Crippen molar-refractivity contribution in [2.75, 3.05) is 12.8 Å². The molecule has 0 saturated heterocycles. The number of hydrogen-bond acceptors (Lipinski definition) is 4. The van der Waals surface area contributed by atoms with E-state index >= 15 is 0 Å². The van der Waals surface area contributed by atoms with Crippen molar-refractivity contribution in [2.24, 2.45) is 4.99 Å². The minimum Gasteiger partial charge on any atom is -0.489 e. The van der Waals surface area contributed by atoms with E-state index in [0.29, 0.717) is 11.3 Å². The van der Waals surface area contributed by atoms with Gasteiger partial charge in [0.2, 0.25) is 0 Å². The Hall–Kier alpha value is -2.89. The lowest BCUT2D eigenvalue weighted by Gasteiger charge is -2.10. The summed E-state index contributed by atoms with van der Waals surface area (Å²) in [6.07, 6.45) is 0. The highest BCUT2D eigenvalue weighted by Gasteiger charge is 2.15. The second kappa shape index (κ2) is 6.71. The Balaban J connectivity index is 2.23. The number of aliphatic carboxylic acids is 1. The van der Waals surface area contributed by atoms with Gasteiger partial charge in [-0.2, -0.15) is 0 Å². The van der Waals surface area contributed by atoms with E-state index in [9.17, 15) is 9.18 Å². The smallest absolute Gasteiger partial charge is 0.354 e. The Morgan fingerprint density at radius 1 is 1.32 bits per heavy atom. The van der Waals surface area contributed by atoms with E-state index in [1.807, 2.05) is 0 Å². The van der Waals surface area contributed by atoms with Gasteiger partial charge >= 0.3 is 5.97 Å². The number of nitrogens with two attached hydrogens (primary N) is 1. The van der Waals surface area contributed by atoms with Crippen LogP contribution in [0.4, 0.5) is 10.1 Å². The van der Waals surface area contributed by atoms with E-state index in [2.05, 4.69) is 4.99 Å². The van der Waals surface area contributed by atoms with Crippen LogP contribution in [0.15, 0.2) is 47.5 Å². The maximum atomic E-state index is 13.5. The topological polar surface area (TPSA) is 84.9 Å². The Kier molecular flexibility index (Phi) is 4.73. The molecule has 2 rings (SSSR count). The number of nitrogen functional groups attached to an aromatic ring is 1. The van der Waals surface area contributed by atoms with Gasteiger partial charge in [0, 0.05) is 23.9 Å². The lowest BCUT2D eigenvalue weighted by atomic mass is 10.1. The van der Waals surface area contributed by atoms with Gasteiger partial charge in [0.05, 0.1) is 0 Å². The summed E-state index contributed by atoms with van der Waals surface area (Å²) in [5.74, 6) is -1.16. The summed E-state index contributed by atoms with van der Waals surface area (Å²) < 4.78 is 19.0. The Morgan fingerprint density at radius 3 is 2.68 bits per heavy atom. The van der Waals surface area contributed by atoms with Crippen LogP contribution in [0, 0.1) is 5.82 Å². The molecule has 6 heteroatoms. The predicted molar refractivity (Wildman–Crippen MR) is 81.7 cm³/mol. The first kappa shape index (κ1) is 15.5. The van der Waals surface area contributed by atoms with Crippen LogP contribution in [-0.2, 0) is 11.4 Å². The average molecular weight is 302 g/mol. The monoisotopic (exact) mass is 302 g/mol. The number of halogens is 1. The van der Waals surface area contributed by atoms with Gasteiger partial charge < -0.3 is 15.6 Å². The van der Waals surface area contributed by atoms with Gasteiger partial charge in [0.25, 0.3) is 0 Å². The van der Waals surface area contributed by atoms with Crippen molar-refractivity contribution >= 4 is 17.4 Å². The van der Waals surface area contributed by atoms with Gasteiger partial charge in [-0.1, -0.05) is 18.2 Å². The van der Waals surface area contributed by atoms with Crippen molar-refractivity contribution in [3.05, 3.63) is 59.4 Å². The molecular formula is C16H15FN2O3. The molecule has 0 radical (unpaired) electrons. The van der Waals surface area contributed by atoms with Gasteiger partial charge in [-0.15, -0.1) is 0 Å². The van der Waals surface area contributed by atoms with Crippen molar-refractivity contribution in [3.8, 4) is 5.75 Å². The zero-order valence-corrected chi connectivity index (χ0v) is 11.9. The molecule has 3 N–H and O–H groups in total. The summed E-state index contributed by atoms with van der Waals surface area (Å²) in [6, 6.07) is 10.9. The molecule has 5 nitrogen and oxygen atoms in total. The van der Waals surface area contributed by atoms with E-state index < -0.39 is 5.97 Å². The molecule has 0 aliphatic rings. The molecule has 0 saturated carbocycles. The van der Waals surface area contributed by atoms with Crippen molar-refractivity contribution in [2.45, 2.75) is 6.61 Å². The van der Waals surface area contributed by atoms with Crippen LogP contribution in [-0.4, -0.2) is 23.8 Å². The zero-order valence-electron chi connectivity index (χ0n) is 11.9. The molecule has 0 aliphatic carbocycles. The Labute approximate surface area is 126 Å². The lowest BCUT2D eigenvalue weighted by molar-refractivity contribution is -0.129. The molecule has 114 valence electrons. The Morgan fingerprint density at radius 2 is 2.05 bits per heavy atom. The van der Waals surface area contributed by atoms with Crippen LogP contribution < -0.4 is 10.5 Å². The average Bonchev–Trinajstić information content (AvgIpc) is 2.49. The number of nitrogens with zero attached hydrogens (tertiary/aromatic N) is 1. The molecular weight excluding hydrogens is 287 g/mol. The van der Waals surface area contributed by atoms with Gasteiger partial charge in [-0.05, 0) is 24.3 Å². The second-order valence-electron chi connectivity index (χ2n) is 4.51. The number of carbonyl (C=O) groups is 1. The number of rotatable bonds is 5. The van der Waals surface area contributed by atoms with Gasteiger partial charge in [-0.3, -0.25) is 4.99 Å². The number of aliphatic imine (C=N–C) groups is 1. The maximum Gasteiger partial charge on any atom is 0.354 e. The zero-order chi connectivity index (χ0) is 16.1. The highest BCUT2D eigenvalue weighted by Crippen LogP contribution is 2.22. The van der Waals surface area contributed by atoms with Crippen LogP contribution in [0.1, 0.15) is 11.1 Å². The fraction of sp³-hybridized carbons (Fsp3) is 0.125. The molecule has 0 unspecified atom stereocenters. The van der Waals surface area contributed by atoms with Gasteiger partial charge in [0.1, 0.15) is 18.2 Å². The molecule has 0 heterocycles. The van der Waals surface area contributed by atoms with E-state index in [4.69, 9.17) is 15.6 Å². The van der Waals surface area contributed by atoms with E-state index in [0.717, 1.165) is 0 Å². The van der Waals surface area contributed by atoms with Crippen LogP contribution in [0.3, 0.4) is 0 Å². The van der Waals surface area contributed by atoms with E-state index in [1.54, 1.807) is 24.3 Å². The summed E-state index contributed by atoms with van der Waals surface area (Å²) >= 11 is 0. The van der Waals surface area contributed by atoms with Crippen LogP contribution in [0.5, 0.6) is 5.75 Å². The van der Waals surface area contributed by atoms with Crippen molar-refractivity contribution in [1.82, 2.24) is 0 Å². The van der Waals surface area contributed by atoms with Gasteiger partial charge in [0.15, 0.2) is 5.71 Å². The van der Waals surface area contributed by atoms with E-state index in [-0.39, 0.29) is 29.4 Å². The molecule has 0 bridgehead atoms. The number of carboxylic acid groups (broad SMARTS) is 1. The Bertz CT molecular complexity index is 729. The summed E-state index contributed by atoms with van der Waals surface area (Å²) in [5, 5.41) is 9.11. The molecule has 0 atom stereocenters. The van der Waals surface area contributed by atoms with Crippen molar-refractivity contribution in [1.29, 1.82) is 0 Å². The fourth-order valence-electron chi connectivity index (χ4n) is 1.94. The first-order valence-electron chi connectivity index (χ1n) is 6.49. The molecule has 22 heavy (non-hydrogen) atoms. The first-order valence-corrected chi connectivity index (χ1v) is 6.49. The number of ether oxygens (including phenoxy) is 1. The minimum absolute atomic E-state index is 0.0295. The maximum absolute atomic E-state index is 13.5. The second-order valence-corrected chi connectivity index (χ2v) is 4.51. The van der Waals surface area contributed by atoms with E-state index in [1.165, 1.54) is 25.2 Å². The van der Waals surface area contributed by atoms with Crippen molar-refractivity contribution in [3.63, 3.8) is 0 Å². The number of benzene rings is 2. The number of hydrogen-bond donors (Lipinski definition) is 2.